The highest BCUT2D eigenvalue weighted by molar-refractivity contribution is 9.10. The van der Waals surface area contributed by atoms with E-state index in [0.29, 0.717) is 18.7 Å². The Hall–Kier alpha value is -0.420. The molecule has 1 aromatic rings. The minimum atomic E-state index is 0.302. The summed E-state index contributed by atoms with van der Waals surface area (Å²) in [6.45, 7) is 2.74. The molecule has 18 heavy (non-hydrogen) atoms. The number of nitrogens with two attached hydrogens (primary N) is 1. The zero-order valence-corrected chi connectivity index (χ0v) is 12.4. The number of halogens is 1. The van der Waals surface area contributed by atoms with E-state index in [9.17, 15) is 0 Å². The van der Waals surface area contributed by atoms with Gasteiger partial charge in [0.1, 0.15) is 0 Å². The smallest absolute Gasteiger partial charge is 0.0698 e. The Balaban J connectivity index is 2.10. The number of likely N-dealkylation sites (tertiary alicyclic amines) is 1. The molecule has 0 aliphatic carbocycles. The molecule has 0 amide bonds. The summed E-state index contributed by atoms with van der Waals surface area (Å²) in [7, 11) is 1.80. The van der Waals surface area contributed by atoms with Gasteiger partial charge in [-0.05, 0) is 37.1 Å². The van der Waals surface area contributed by atoms with Gasteiger partial charge in [0.15, 0.2) is 0 Å². The first-order valence-electron chi connectivity index (χ1n) is 6.47. The number of hydrogen-bond acceptors (Lipinski definition) is 3. The minimum absolute atomic E-state index is 0.302. The van der Waals surface area contributed by atoms with Crippen LogP contribution >= 0.6 is 15.9 Å². The van der Waals surface area contributed by atoms with Crippen molar-refractivity contribution in [3.63, 3.8) is 0 Å². The highest BCUT2D eigenvalue weighted by atomic mass is 79.9. The van der Waals surface area contributed by atoms with E-state index in [1.165, 1.54) is 12.0 Å². The molecule has 1 heterocycles. The van der Waals surface area contributed by atoms with Crippen molar-refractivity contribution in [1.82, 2.24) is 4.90 Å². The van der Waals surface area contributed by atoms with E-state index in [0.717, 1.165) is 24.0 Å². The Morgan fingerprint density at radius 3 is 2.78 bits per heavy atom. The van der Waals surface area contributed by atoms with Crippen molar-refractivity contribution in [3.05, 3.63) is 34.3 Å². The van der Waals surface area contributed by atoms with Gasteiger partial charge < -0.3 is 10.5 Å². The molecule has 0 aromatic heterocycles. The second kappa shape index (κ2) is 6.66. The monoisotopic (exact) mass is 312 g/mol. The van der Waals surface area contributed by atoms with Crippen molar-refractivity contribution in [3.8, 4) is 0 Å². The van der Waals surface area contributed by atoms with E-state index in [-0.39, 0.29) is 0 Å². The molecule has 2 N–H and O–H groups in total. The third-order valence-corrected chi connectivity index (χ3v) is 4.19. The van der Waals surface area contributed by atoms with Gasteiger partial charge in [-0.1, -0.05) is 28.1 Å². The summed E-state index contributed by atoms with van der Waals surface area (Å²) >= 11 is 3.47. The van der Waals surface area contributed by atoms with Crippen molar-refractivity contribution in [2.24, 2.45) is 5.73 Å². The fourth-order valence-corrected chi connectivity index (χ4v) is 2.89. The van der Waals surface area contributed by atoms with E-state index in [2.05, 4.69) is 45.1 Å². The van der Waals surface area contributed by atoms with Crippen LogP contribution in [0.5, 0.6) is 0 Å². The number of piperidine rings is 1. The molecule has 0 bridgehead atoms. The van der Waals surface area contributed by atoms with Crippen molar-refractivity contribution in [2.75, 3.05) is 26.7 Å². The van der Waals surface area contributed by atoms with E-state index in [1.807, 2.05) is 0 Å². The van der Waals surface area contributed by atoms with Gasteiger partial charge >= 0.3 is 0 Å². The molecule has 0 radical (unpaired) electrons. The molecular formula is C14H21BrN2O. The summed E-state index contributed by atoms with van der Waals surface area (Å²) in [5.41, 5.74) is 7.26. The topological polar surface area (TPSA) is 38.5 Å². The lowest BCUT2D eigenvalue weighted by atomic mass is 10.0. The number of benzene rings is 1. The molecule has 1 saturated heterocycles. The quantitative estimate of drug-likeness (QED) is 0.928. The maximum atomic E-state index is 5.97. The first-order valence-corrected chi connectivity index (χ1v) is 7.26. The summed E-state index contributed by atoms with van der Waals surface area (Å²) in [4.78, 5) is 2.45. The largest absolute Gasteiger partial charge is 0.380 e. The van der Waals surface area contributed by atoms with Crippen molar-refractivity contribution < 1.29 is 4.74 Å². The molecule has 0 spiro atoms. The zero-order valence-electron chi connectivity index (χ0n) is 10.8. The Morgan fingerprint density at radius 1 is 1.44 bits per heavy atom. The van der Waals surface area contributed by atoms with Gasteiger partial charge in [-0.3, -0.25) is 4.90 Å². The maximum Gasteiger partial charge on any atom is 0.0698 e. The Bertz CT molecular complexity index is 369. The van der Waals surface area contributed by atoms with Crippen LogP contribution in [0.15, 0.2) is 28.7 Å². The molecule has 2 atom stereocenters. The third-order valence-electron chi connectivity index (χ3n) is 3.66. The SMILES string of the molecule is COC1CCCN(C(CN)c2ccc(Br)cc2)C1. The Kier molecular flexibility index (Phi) is 5.18. The molecule has 1 aliphatic heterocycles. The van der Waals surface area contributed by atoms with Crippen LogP contribution in [0.4, 0.5) is 0 Å². The second-order valence-electron chi connectivity index (χ2n) is 4.80. The third kappa shape index (κ3) is 3.32. The zero-order chi connectivity index (χ0) is 13.0. The summed E-state index contributed by atoms with van der Waals surface area (Å²) in [6.07, 6.45) is 2.69. The lowest BCUT2D eigenvalue weighted by molar-refractivity contribution is 0.0155. The van der Waals surface area contributed by atoms with Crippen molar-refractivity contribution in [2.45, 2.75) is 25.0 Å². The van der Waals surface area contributed by atoms with Gasteiger partial charge in [0.25, 0.3) is 0 Å². The second-order valence-corrected chi connectivity index (χ2v) is 5.71. The minimum Gasteiger partial charge on any atom is -0.380 e. The average molecular weight is 313 g/mol. The van der Waals surface area contributed by atoms with Gasteiger partial charge in [0, 0.05) is 30.7 Å². The molecule has 2 unspecified atom stereocenters. The molecule has 1 aliphatic rings. The predicted molar refractivity (Wildman–Crippen MR) is 77.5 cm³/mol. The fourth-order valence-electron chi connectivity index (χ4n) is 2.62. The van der Waals surface area contributed by atoms with Crippen LogP contribution in [-0.4, -0.2) is 37.7 Å². The van der Waals surface area contributed by atoms with E-state index < -0.39 is 0 Å². The van der Waals surface area contributed by atoms with Gasteiger partial charge in [-0.2, -0.15) is 0 Å². The highest BCUT2D eigenvalue weighted by Gasteiger charge is 2.25. The lowest BCUT2D eigenvalue weighted by Gasteiger charge is -2.37. The first-order chi connectivity index (χ1) is 8.74. The number of methoxy groups -OCH3 is 1. The van der Waals surface area contributed by atoms with Crippen LogP contribution in [0.1, 0.15) is 24.4 Å². The highest BCUT2D eigenvalue weighted by Crippen LogP contribution is 2.25. The summed E-state index contributed by atoms with van der Waals surface area (Å²) in [5.74, 6) is 0. The van der Waals surface area contributed by atoms with Gasteiger partial charge in [0.05, 0.1) is 6.10 Å². The van der Waals surface area contributed by atoms with Crippen LogP contribution in [-0.2, 0) is 4.74 Å². The Morgan fingerprint density at radius 2 is 2.17 bits per heavy atom. The molecule has 4 heteroatoms. The van der Waals surface area contributed by atoms with Crippen LogP contribution in [0.3, 0.4) is 0 Å². The van der Waals surface area contributed by atoms with Crippen LogP contribution in [0, 0.1) is 0 Å². The summed E-state index contributed by atoms with van der Waals surface area (Å²) in [5, 5.41) is 0. The van der Waals surface area contributed by atoms with Crippen molar-refractivity contribution in [1.29, 1.82) is 0 Å². The van der Waals surface area contributed by atoms with Gasteiger partial charge in [-0.15, -0.1) is 0 Å². The number of rotatable bonds is 4. The molecule has 100 valence electrons. The molecule has 3 nitrogen and oxygen atoms in total. The van der Waals surface area contributed by atoms with E-state index in [4.69, 9.17) is 10.5 Å². The average Bonchev–Trinajstić information content (AvgIpc) is 2.42. The molecule has 1 aromatic carbocycles. The number of ether oxygens (including phenoxy) is 1. The number of hydrogen-bond donors (Lipinski definition) is 1. The predicted octanol–water partition coefficient (Wildman–Crippen LogP) is 2.56. The summed E-state index contributed by atoms with van der Waals surface area (Å²) in [6, 6.07) is 8.76. The standard InChI is InChI=1S/C14H21BrN2O/c1-18-13-3-2-8-17(10-13)14(9-16)11-4-6-12(15)7-5-11/h4-7,13-14H,2-3,8-10,16H2,1H3. The van der Waals surface area contributed by atoms with Crippen LogP contribution < -0.4 is 5.73 Å². The molecule has 1 fully saturated rings. The number of nitrogens with zero attached hydrogens (tertiary/aromatic N) is 1. The van der Waals surface area contributed by atoms with Gasteiger partial charge in [-0.25, -0.2) is 0 Å². The van der Waals surface area contributed by atoms with Crippen LogP contribution in [0.25, 0.3) is 0 Å². The van der Waals surface area contributed by atoms with E-state index >= 15 is 0 Å². The van der Waals surface area contributed by atoms with Gasteiger partial charge in [0.2, 0.25) is 0 Å². The molecule has 2 rings (SSSR count). The normalized spacial score (nSPS) is 22.9. The molecular weight excluding hydrogens is 292 g/mol. The van der Waals surface area contributed by atoms with E-state index in [1.54, 1.807) is 7.11 Å². The Labute approximate surface area is 117 Å². The molecule has 0 saturated carbocycles. The summed E-state index contributed by atoms with van der Waals surface area (Å²) < 4.78 is 6.59. The first kappa shape index (κ1) is 14.0. The maximum absolute atomic E-state index is 5.97. The van der Waals surface area contributed by atoms with Crippen LogP contribution in [0.2, 0.25) is 0 Å². The lowest BCUT2D eigenvalue weighted by Crippen LogP contribution is -2.43. The van der Waals surface area contributed by atoms with Crippen molar-refractivity contribution >= 4 is 15.9 Å². The fraction of sp³-hybridized carbons (Fsp3) is 0.571.